The molecule has 0 bridgehead atoms. The standard InChI is InChI=1S/C15H17N7O2/c1-21-5-4-18-14(21)10-22(9-13-16-2-3-17-13)8-11-6-20-12(7-19-11)15(23)24/h2-7H,8-10H2,1H3,(H,16,17)(H,23,24). The monoisotopic (exact) mass is 327 g/mol. The molecule has 3 heterocycles. The highest BCUT2D eigenvalue weighted by Gasteiger charge is 2.14. The summed E-state index contributed by atoms with van der Waals surface area (Å²) in [6, 6.07) is 0. The fourth-order valence-corrected chi connectivity index (χ4v) is 2.29. The number of nitrogens with zero attached hydrogens (tertiary/aromatic N) is 6. The number of H-pyrrole nitrogens is 1. The molecule has 24 heavy (non-hydrogen) atoms. The van der Waals surface area contributed by atoms with Crippen LogP contribution in [0.2, 0.25) is 0 Å². The van der Waals surface area contributed by atoms with Gasteiger partial charge in [-0.2, -0.15) is 0 Å². The summed E-state index contributed by atoms with van der Waals surface area (Å²) in [7, 11) is 1.94. The summed E-state index contributed by atoms with van der Waals surface area (Å²) in [6.07, 6.45) is 9.87. The van der Waals surface area contributed by atoms with E-state index in [0.717, 1.165) is 11.6 Å². The molecule has 9 nitrogen and oxygen atoms in total. The maximum Gasteiger partial charge on any atom is 0.356 e. The molecule has 9 heteroatoms. The van der Waals surface area contributed by atoms with Crippen molar-refractivity contribution in [1.29, 1.82) is 0 Å². The van der Waals surface area contributed by atoms with Gasteiger partial charge in [0.2, 0.25) is 0 Å². The van der Waals surface area contributed by atoms with E-state index in [-0.39, 0.29) is 5.69 Å². The lowest BCUT2D eigenvalue weighted by atomic mass is 10.3. The number of carbonyl (C=O) groups is 1. The third-order valence-electron chi connectivity index (χ3n) is 3.52. The lowest BCUT2D eigenvalue weighted by Crippen LogP contribution is -2.25. The van der Waals surface area contributed by atoms with Crippen molar-refractivity contribution in [1.82, 2.24) is 34.4 Å². The van der Waals surface area contributed by atoms with Gasteiger partial charge in [0.1, 0.15) is 11.6 Å². The van der Waals surface area contributed by atoms with E-state index >= 15 is 0 Å². The minimum Gasteiger partial charge on any atom is -0.476 e. The lowest BCUT2D eigenvalue weighted by molar-refractivity contribution is 0.0690. The molecule has 2 N–H and O–H groups in total. The molecule has 0 aromatic carbocycles. The number of nitrogens with one attached hydrogen (secondary N) is 1. The molecule has 0 saturated carbocycles. The molecule has 0 unspecified atom stereocenters. The second-order valence-electron chi connectivity index (χ2n) is 5.33. The topological polar surface area (TPSA) is 113 Å². The van der Waals surface area contributed by atoms with Crippen LogP contribution in [-0.2, 0) is 26.7 Å². The zero-order chi connectivity index (χ0) is 16.9. The van der Waals surface area contributed by atoms with E-state index in [1.165, 1.54) is 12.4 Å². The third kappa shape index (κ3) is 3.82. The second kappa shape index (κ2) is 7.01. The number of carboxylic acid groups (broad SMARTS) is 1. The Kier molecular flexibility index (Phi) is 4.62. The summed E-state index contributed by atoms with van der Waals surface area (Å²) in [6.45, 7) is 1.69. The Labute approximate surface area is 138 Å². The molecular formula is C15H17N7O2. The highest BCUT2D eigenvalue weighted by atomic mass is 16.4. The normalized spacial score (nSPS) is 11.1. The molecule has 3 rings (SSSR count). The first-order valence-electron chi connectivity index (χ1n) is 7.33. The van der Waals surface area contributed by atoms with Crippen molar-refractivity contribution in [3.05, 3.63) is 60.2 Å². The number of rotatable bonds is 7. The molecule has 0 aliphatic carbocycles. The zero-order valence-electron chi connectivity index (χ0n) is 13.1. The van der Waals surface area contributed by atoms with Gasteiger partial charge < -0.3 is 14.7 Å². The first kappa shape index (κ1) is 15.8. The van der Waals surface area contributed by atoms with E-state index in [1.807, 2.05) is 17.8 Å². The van der Waals surface area contributed by atoms with Crippen molar-refractivity contribution >= 4 is 5.97 Å². The first-order valence-corrected chi connectivity index (χ1v) is 7.33. The fraction of sp³-hybridized carbons (Fsp3) is 0.267. The van der Waals surface area contributed by atoms with E-state index in [0.29, 0.717) is 25.3 Å². The Morgan fingerprint density at radius 3 is 2.62 bits per heavy atom. The van der Waals surface area contributed by atoms with Gasteiger partial charge in [-0.15, -0.1) is 0 Å². The van der Waals surface area contributed by atoms with Gasteiger partial charge >= 0.3 is 5.97 Å². The highest BCUT2D eigenvalue weighted by Crippen LogP contribution is 2.10. The molecule has 0 aliphatic rings. The molecule has 3 aromatic heterocycles. The second-order valence-corrected chi connectivity index (χ2v) is 5.33. The van der Waals surface area contributed by atoms with Crippen molar-refractivity contribution in [3.8, 4) is 0 Å². The van der Waals surface area contributed by atoms with Crippen LogP contribution >= 0.6 is 0 Å². The maximum absolute atomic E-state index is 10.9. The average Bonchev–Trinajstić information content (AvgIpc) is 3.20. The van der Waals surface area contributed by atoms with Gasteiger partial charge in [0.05, 0.1) is 31.2 Å². The number of aromatic carboxylic acids is 1. The van der Waals surface area contributed by atoms with Crippen molar-refractivity contribution in [2.24, 2.45) is 7.05 Å². The van der Waals surface area contributed by atoms with Crippen LogP contribution < -0.4 is 0 Å². The molecule has 0 fully saturated rings. The van der Waals surface area contributed by atoms with Crippen LogP contribution in [0.15, 0.2) is 37.2 Å². The summed E-state index contributed by atoms with van der Waals surface area (Å²) in [4.78, 5) is 32.7. The van der Waals surface area contributed by atoms with Crippen molar-refractivity contribution in [3.63, 3.8) is 0 Å². The van der Waals surface area contributed by atoms with Gasteiger partial charge in [-0.05, 0) is 0 Å². The predicted molar refractivity (Wildman–Crippen MR) is 83.7 cm³/mol. The van der Waals surface area contributed by atoms with Gasteiger partial charge in [-0.1, -0.05) is 0 Å². The number of imidazole rings is 2. The van der Waals surface area contributed by atoms with E-state index in [9.17, 15) is 4.79 Å². The predicted octanol–water partition coefficient (Wildman–Crippen LogP) is 0.834. The van der Waals surface area contributed by atoms with Gasteiger partial charge in [0.25, 0.3) is 0 Å². The van der Waals surface area contributed by atoms with E-state index in [2.05, 4.69) is 29.8 Å². The quantitative estimate of drug-likeness (QED) is 0.661. The summed E-state index contributed by atoms with van der Waals surface area (Å²) in [5.74, 6) is 0.658. The van der Waals surface area contributed by atoms with Gasteiger partial charge in [-0.25, -0.2) is 19.7 Å². The molecule has 0 spiro atoms. The molecule has 3 aromatic rings. The minimum atomic E-state index is -1.09. The summed E-state index contributed by atoms with van der Waals surface area (Å²) >= 11 is 0. The largest absolute Gasteiger partial charge is 0.476 e. The highest BCUT2D eigenvalue weighted by molar-refractivity contribution is 5.84. The van der Waals surface area contributed by atoms with E-state index < -0.39 is 5.97 Å². The fourth-order valence-electron chi connectivity index (χ4n) is 2.29. The lowest BCUT2D eigenvalue weighted by Gasteiger charge is -2.20. The summed E-state index contributed by atoms with van der Waals surface area (Å²) in [5, 5.41) is 8.89. The average molecular weight is 327 g/mol. The SMILES string of the molecule is Cn1ccnc1CN(Cc1cnc(C(=O)O)cn1)Cc1ncc[nH]1. The molecule has 0 radical (unpaired) electrons. The Hall–Kier alpha value is -3.07. The number of hydrogen-bond acceptors (Lipinski definition) is 6. The number of aryl methyl sites for hydroxylation is 1. The Balaban J connectivity index is 1.75. The molecule has 0 aliphatic heterocycles. The van der Waals surface area contributed by atoms with Crippen LogP contribution in [-0.4, -0.2) is 45.5 Å². The van der Waals surface area contributed by atoms with Crippen LogP contribution in [0.3, 0.4) is 0 Å². The maximum atomic E-state index is 10.9. The van der Waals surface area contributed by atoms with Gasteiger partial charge in [-0.3, -0.25) is 9.88 Å². The Morgan fingerprint density at radius 2 is 2.04 bits per heavy atom. The Bertz CT molecular complexity index is 796. The molecule has 124 valence electrons. The number of hydrogen-bond donors (Lipinski definition) is 2. The molecular weight excluding hydrogens is 310 g/mol. The number of aromatic nitrogens is 6. The molecule has 0 amide bonds. The van der Waals surface area contributed by atoms with Crippen LogP contribution in [0, 0.1) is 0 Å². The third-order valence-corrected chi connectivity index (χ3v) is 3.52. The van der Waals surface area contributed by atoms with Crippen LogP contribution in [0.4, 0.5) is 0 Å². The molecule has 0 atom stereocenters. The number of carboxylic acids is 1. The molecule has 0 saturated heterocycles. The van der Waals surface area contributed by atoms with Crippen LogP contribution in [0.25, 0.3) is 0 Å². The summed E-state index contributed by atoms with van der Waals surface area (Å²) in [5.41, 5.74) is 0.612. The van der Waals surface area contributed by atoms with E-state index in [1.54, 1.807) is 18.6 Å². The van der Waals surface area contributed by atoms with Crippen molar-refractivity contribution in [2.45, 2.75) is 19.6 Å². The first-order chi connectivity index (χ1) is 11.6. The van der Waals surface area contributed by atoms with Crippen molar-refractivity contribution < 1.29 is 9.90 Å². The van der Waals surface area contributed by atoms with Crippen LogP contribution in [0.5, 0.6) is 0 Å². The summed E-state index contributed by atoms with van der Waals surface area (Å²) < 4.78 is 1.95. The van der Waals surface area contributed by atoms with Gasteiger partial charge in [0.15, 0.2) is 5.69 Å². The van der Waals surface area contributed by atoms with Crippen LogP contribution in [0.1, 0.15) is 27.8 Å². The van der Waals surface area contributed by atoms with E-state index in [4.69, 9.17) is 5.11 Å². The smallest absolute Gasteiger partial charge is 0.356 e. The minimum absolute atomic E-state index is 0.0690. The van der Waals surface area contributed by atoms with Gasteiger partial charge in [0, 0.05) is 38.4 Å². The van der Waals surface area contributed by atoms with Crippen molar-refractivity contribution in [2.75, 3.05) is 0 Å². The number of aromatic amines is 1. The Morgan fingerprint density at radius 1 is 1.17 bits per heavy atom. The zero-order valence-corrected chi connectivity index (χ0v) is 13.1.